The topological polar surface area (TPSA) is 95.8 Å². The molecule has 1 aromatic carbocycles. The third-order valence-electron chi connectivity index (χ3n) is 7.10. The lowest BCUT2D eigenvalue weighted by Gasteiger charge is -2.41. The van der Waals surface area contributed by atoms with Crippen molar-refractivity contribution in [2.24, 2.45) is 5.41 Å². The predicted molar refractivity (Wildman–Crippen MR) is 143 cm³/mol. The second-order valence-corrected chi connectivity index (χ2v) is 11.0. The van der Waals surface area contributed by atoms with Gasteiger partial charge in [-0.1, -0.05) is 11.6 Å². The van der Waals surface area contributed by atoms with E-state index in [0.29, 0.717) is 29.2 Å². The lowest BCUT2D eigenvalue weighted by molar-refractivity contribution is -0.141. The predicted octanol–water partition coefficient (Wildman–Crippen LogP) is 5.45. The average molecular weight is 530 g/mol. The molecule has 9 heteroatoms. The van der Waals surface area contributed by atoms with Crippen LogP contribution in [0.5, 0.6) is 5.75 Å². The number of fused-ring (bicyclic) bond motifs is 1. The number of benzene rings is 1. The molecule has 192 valence electrons. The number of pyridine rings is 2. The number of halogens is 1. The number of methoxy groups -OCH3 is 1. The molecule has 7 nitrogen and oxygen atoms in total. The van der Waals surface area contributed by atoms with Gasteiger partial charge in [0.1, 0.15) is 5.75 Å². The summed E-state index contributed by atoms with van der Waals surface area (Å²) >= 11 is 8.26. The van der Waals surface area contributed by atoms with Crippen LogP contribution in [0.2, 0.25) is 5.02 Å². The number of likely N-dealkylation sites (tertiary alicyclic amines) is 1. The molecule has 4 rings (SSSR count). The number of carbonyl (C=O) groups is 1. The van der Waals surface area contributed by atoms with Gasteiger partial charge in [-0.05, 0) is 74.5 Å². The molecule has 0 amide bonds. The Kier molecular flexibility index (Phi) is 9.06. The van der Waals surface area contributed by atoms with Gasteiger partial charge in [0.15, 0.2) is 0 Å². The van der Waals surface area contributed by atoms with E-state index in [-0.39, 0.29) is 11.8 Å². The van der Waals surface area contributed by atoms with E-state index in [1.165, 1.54) is 0 Å². The highest BCUT2D eigenvalue weighted by atomic mass is 35.5. The maximum Gasteiger partial charge on any atom is 0.303 e. The number of thioether (sulfide) groups is 1. The molecule has 1 saturated heterocycles. The van der Waals surface area contributed by atoms with Gasteiger partial charge in [-0.3, -0.25) is 14.8 Å². The molecule has 2 N–H and O–H groups in total. The number of aliphatic hydroxyl groups excluding tert-OH is 1. The van der Waals surface area contributed by atoms with Gasteiger partial charge in [0.05, 0.1) is 30.2 Å². The van der Waals surface area contributed by atoms with E-state index in [1.54, 1.807) is 31.3 Å². The van der Waals surface area contributed by atoms with Gasteiger partial charge in [0, 0.05) is 46.7 Å². The average Bonchev–Trinajstić information content (AvgIpc) is 2.88. The second-order valence-electron chi connectivity index (χ2n) is 9.41. The molecule has 36 heavy (non-hydrogen) atoms. The van der Waals surface area contributed by atoms with Crippen molar-refractivity contribution in [1.82, 2.24) is 14.9 Å². The number of rotatable bonds is 11. The molecular weight excluding hydrogens is 498 g/mol. The molecule has 3 heterocycles. The van der Waals surface area contributed by atoms with Crippen molar-refractivity contribution in [3.63, 3.8) is 0 Å². The zero-order valence-corrected chi connectivity index (χ0v) is 22.0. The Hall–Kier alpha value is -2.39. The van der Waals surface area contributed by atoms with E-state index < -0.39 is 12.1 Å². The van der Waals surface area contributed by atoms with Crippen molar-refractivity contribution in [1.29, 1.82) is 0 Å². The number of carboxylic acid groups (broad SMARTS) is 1. The third kappa shape index (κ3) is 6.68. The Balaban J connectivity index is 1.39. The van der Waals surface area contributed by atoms with Crippen LogP contribution in [-0.2, 0) is 4.79 Å². The fourth-order valence-corrected chi connectivity index (χ4v) is 6.20. The molecule has 0 radical (unpaired) electrons. The summed E-state index contributed by atoms with van der Waals surface area (Å²) < 4.78 is 5.35. The van der Waals surface area contributed by atoms with Crippen LogP contribution < -0.4 is 4.74 Å². The zero-order chi connectivity index (χ0) is 25.5. The second kappa shape index (κ2) is 12.2. The number of hydrogen-bond donors (Lipinski definition) is 2. The summed E-state index contributed by atoms with van der Waals surface area (Å²) in [5.74, 6) is 0.839. The monoisotopic (exact) mass is 529 g/mol. The molecular formula is C27H32ClN3O4S. The van der Waals surface area contributed by atoms with Crippen LogP contribution in [-0.4, -0.2) is 63.5 Å². The molecule has 1 aliphatic rings. The fourth-order valence-electron chi connectivity index (χ4n) is 5.03. The number of hydrogen-bond acceptors (Lipinski definition) is 7. The van der Waals surface area contributed by atoms with Crippen LogP contribution in [0.4, 0.5) is 0 Å². The highest BCUT2D eigenvalue weighted by molar-refractivity contribution is 7.99. The standard InChI is InChI=1S/C27H32ClN3O4S/c1-35-19-4-5-23-21(15-19)26(22(28)18-30-23)24(32)6-7-27(16-25(33)34)8-11-31(12-9-27)13-14-36-20-3-2-10-29-17-20/h2-5,10,15,17-18,24,32H,6-9,11-14,16H2,1H3,(H,33,34)/t24-/m0/s1. The van der Waals surface area contributed by atoms with Gasteiger partial charge in [0.25, 0.3) is 0 Å². The van der Waals surface area contributed by atoms with Gasteiger partial charge in [-0.2, -0.15) is 0 Å². The summed E-state index contributed by atoms with van der Waals surface area (Å²) in [5.41, 5.74) is 1.01. The lowest BCUT2D eigenvalue weighted by atomic mass is 9.71. The largest absolute Gasteiger partial charge is 0.497 e. The Labute approximate surface area is 220 Å². The number of nitrogens with zero attached hydrogens (tertiary/aromatic N) is 3. The van der Waals surface area contributed by atoms with E-state index in [4.69, 9.17) is 16.3 Å². The minimum Gasteiger partial charge on any atom is -0.497 e. The first kappa shape index (κ1) is 26.7. The van der Waals surface area contributed by atoms with Crippen molar-refractivity contribution in [3.8, 4) is 5.75 Å². The normalized spacial score (nSPS) is 16.6. The van der Waals surface area contributed by atoms with Crippen LogP contribution in [0, 0.1) is 5.41 Å². The van der Waals surface area contributed by atoms with Gasteiger partial charge >= 0.3 is 5.97 Å². The van der Waals surface area contributed by atoms with Crippen molar-refractivity contribution < 1.29 is 19.7 Å². The number of piperidine rings is 1. The Morgan fingerprint density at radius 2 is 2.08 bits per heavy atom. The summed E-state index contributed by atoms with van der Waals surface area (Å²) in [4.78, 5) is 23.8. The maximum absolute atomic E-state index is 11.8. The summed E-state index contributed by atoms with van der Waals surface area (Å²) in [6.07, 6.45) is 7.12. The van der Waals surface area contributed by atoms with E-state index in [0.717, 1.165) is 54.0 Å². The first-order chi connectivity index (χ1) is 17.4. The van der Waals surface area contributed by atoms with Crippen LogP contribution in [0.25, 0.3) is 10.9 Å². The quantitative estimate of drug-likeness (QED) is 0.316. The Bertz CT molecular complexity index is 1170. The molecule has 0 saturated carbocycles. The highest BCUT2D eigenvalue weighted by Gasteiger charge is 2.37. The molecule has 1 fully saturated rings. The number of aliphatic hydroxyl groups is 1. The zero-order valence-electron chi connectivity index (χ0n) is 20.4. The number of aliphatic carboxylic acids is 1. The highest BCUT2D eigenvalue weighted by Crippen LogP contribution is 2.43. The lowest BCUT2D eigenvalue weighted by Crippen LogP contribution is -2.42. The Morgan fingerprint density at radius 1 is 1.28 bits per heavy atom. The van der Waals surface area contributed by atoms with Crippen LogP contribution in [0.3, 0.4) is 0 Å². The van der Waals surface area contributed by atoms with Crippen LogP contribution in [0.1, 0.15) is 43.8 Å². The summed E-state index contributed by atoms with van der Waals surface area (Å²) in [5, 5.41) is 22.0. The first-order valence-electron chi connectivity index (χ1n) is 12.2. The van der Waals surface area contributed by atoms with Crippen molar-refractivity contribution in [3.05, 3.63) is 59.5 Å². The molecule has 2 aromatic heterocycles. The molecule has 3 aromatic rings. The van der Waals surface area contributed by atoms with Crippen molar-refractivity contribution >= 4 is 40.2 Å². The van der Waals surface area contributed by atoms with E-state index in [1.807, 2.05) is 30.5 Å². The molecule has 0 unspecified atom stereocenters. The van der Waals surface area contributed by atoms with Gasteiger partial charge in [-0.15, -0.1) is 11.8 Å². The fraction of sp³-hybridized carbons (Fsp3) is 0.444. The van der Waals surface area contributed by atoms with Crippen LogP contribution in [0.15, 0.2) is 53.8 Å². The summed E-state index contributed by atoms with van der Waals surface area (Å²) in [6.45, 7) is 2.66. The minimum absolute atomic E-state index is 0.108. The van der Waals surface area contributed by atoms with Crippen LogP contribution >= 0.6 is 23.4 Å². The number of ether oxygens (including phenoxy) is 1. The van der Waals surface area contributed by atoms with E-state index in [9.17, 15) is 15.0 Å². The SMILES string of the molecule is COc1ccc2ncc(Cl)c([C@@H](O)CCC3(CC(=O)O)CCN(CCSc4cccnc4)CC3)c2c1. The minimum atomic E-state index is -0.824. The molecule has 1 atom stereocenters. The molecule has 0 spiro atoms. The van der Waals surface area contributed by atoms with Gasteiger partial charge in [0.2, 0.25) is 0 Å². The van der Waals surface area contributed by atoms with Gasteiger partial charge in [-0.25, -0.2) is 0 Å². The summed E-state index contributed by atoms with van der Waals surface area (Å²) in [6, 6.07) is 9.50. The first-order valence-corrected chi connectivity index (χ1v) is 13.5. The van der Waals surface area contributed by atoms with E-state index >= 15 is 0 Å². The Morgan fingerprint density at radius 3 is 2.78 bits per heavy atom. The number of carboxylic acids is 1. The van der Waals surface area contributed by atoms with Gasteiger partial charge < -0.3 is 19.8 Å². The van der Waals surface area contributed by atoms with Crippen molar-refractivity contribution in [2.45, 2.75) is 43.1 Å². The molecule has 0 bridgehead atoms. The maximum atomic E-state index is 11.8. The molecule has 0 aliphatic carbocycles. The number of aromatic nitrogens is 2. The van der Waals surface area contributed by atoms with E-state index in [2.05, 4.69) is 20.9 Å². The summed E-state index contributed by atoms with van der Waals surface area (Å²) in [7, 11) is 1.59. The molecule has 1 aliphatic heterocycles. The smallest absolute Gasteiger partial charge is 0.303 e. The van der Waals surface area contributed by atoms with Crippen molar-refractivity contribution in [2.75, 3.05) is 32.5 Å². The third-order valence-corrected chi connectivity index (χ3v) is 8.37.